The second-order valence-corrected chi connectivity index (χ2v) is 7.62. The van der Waals surface area contributed by atoms with Gasteiger partial charge >= 0.3 is 5.97 Å². The average molecular weight is 396 g/mol. The van der Waals surface area contributed by atoms with E-state index in [2.05, 4.69) is 31.3 Å². The van der Waals surface area contributed by atoms with Crippen LogP contribution >= 0.6 is 0 Å². The zero-order valence-electron chi connectivity index (χ0n) is 17.1. The van der Waals surface area contributed by atoms with Crippen molar-refractivity contribution in [3.05, 3.63) is 59.7 Å². The highest BCUT2D eigenvalue weighted by Gasteiger charge is 2.33. The van der Waals surface area contributed by atoms with Crippen molar-refractivity contribution in [3.8, 4) is 5.75 Å². The standard InChI is InChI=1S/C23H28N2O4/c1-4-18(23(27)28)24-19-14-29-21-8-6-5-7-20(21)25(22(19)26)13-16-9-11-17(12-10-16)15(2)3/h5-12,15,18-19,24H,4,13-14H2,1-3H3,(H,27,28)/t18-,19?/m0/s1. The van der Waals surface area contributed by atoms with Crippen LogP contribution in [0.15, 0.2) is 48.5 Å². The molecule has 0 aromatic heterocycles. The smallest absolute Gasteiger partial charge is 0.320 e. The molecule has 2 aromatic rings. The molecule has 1 aliphatic heterocycles. The lowest BCUT2D eigenvalue weighted by atomic mass is 10.0. The molecule has 0 radical (unpaired) electrons. The second kappa shape index (κ2) is 9.09. The van der Waals surface area contributed by atoms with E-state index >= 15 is 0 Å². The maximum atomic E-state index is 13.4. The Hall–Kier alpha value is -2.86. The molecule has 1 aliphatic rings. The number of carboxylic acids is 1. The van der Waals surface area contributed by atoms with E-state index in [0.717, 1.165) is 5.56 Å². The molecule has 2 aromatic carbocycles. The largest absolute Gasteiger partial charge is 0.489 e. The van der Waals surface area contributed by atoms with Crippen molar-refractivity contribution in [2.75, 3.05) is 11.5 Å². The molecule has 6 nitrogen and oxygen atoms in total. The van der Waals surface area contributed by atoms with E-state index in [4.69, 9.17) is 4.74 Å². The topological polar surface area (TPSA) is 78.9 Å². The first-order valence-electron chi connectivity index (χ1n) is 10.0. The summed E-state index contributed by atoms with van der Waals surface area (Å²) in [5.41, 5.74) is 2.94. The number of hydrogen-bond acceptors (Lipinski definition) is 4. The second-order valence-electron chi connectivity index (χ2n) is 7.62. The number of benzene rings is 2. The van der Waals surface area contributed by atoms with Crippen LogP contribution in [0.3, 0.4) is 0 Å². The first-order valence-corrected chi connectivity index (χ1v) is 10.0. The average Bonchev–Trinajstić information content (AvgIpc) is 2.84. The molecule has 0 spiro atoms. The van der Waals surface area contributed by atoms with Crippen molar-refractivity contribution in [1.82, 2.24) is 5.32 Å². The summed E-state index contributed by atoms with van der Waals surface area (Å²) in [6, 6.07) is 14.1. The molecule has 29 heavy (non-hydrogen) atoms. The Bertz CT molecular complexity index is 863. The number of rotatable bonds is 7. The molecular weight excluding hydrogens is 368 g/mol. The van der Waals surface area contributed by atoms with E-state index in [-0.39, 0.29) is 12.5 Å². The Balaban J connectivity index is 1.89. The first kappa shape index (κ1) is 20.9. The van der Waals surface area contributed by atoms with Gasteiger partial charge in [0.05, 0.1) is 12.2 Å². The molecule has 1 unspecified atom stereocenters. The third-order valence-electron chi connectivity index (χ3n) is 5.22. The fourth-order valence-electron chi connectivity index (χ4n) is 3.43. The zero-order chi connectivity index (χ0) is 21.0. The van der Waals surface area contributed by atoms with Gasteiger partial charge in [0, 0.05) is 0 Å². The fraction of sp³-hybridized carbons (Fsp3) is 0.391. The minimum Gasteiger partial charge on any atom is -0.489 e. The van der Waals surface area contributed by atoms with Crippen molar-refractivity contribution in [2.45, 2.75) is 51.7 Å². The molecule has 3 rings (SSSR count). The summed E-state index contributed by atoms with van der Waals surface area (Å²) in [7, 11) is 0. The summed E-state index contributed by atoms with van der Waals surface area (Å²) in [6.07, 6.45) is 0.378. The van der Waals surface area contributed by atoms with Gasteiger partial charge in [0.2, 0.25) is 5.91 Å². The molecule has 0 fully saturated rings. The van der Waals surface area contributed by atoms with Crippen molar-refractivity contribution in [3.63, 3.8) is 0 Å². The third kappa shape index (κ3) is 4.77. The van der Waals surface area contributed by atoms with Crippen LogP contribution in [-0.2, 0) is 16.1 Å². The van der Waals surface area contributed by atoms with Crippen LogP contribution in [0.1, 0.15) is 44.2 Å². The number of carboxylic acid groups (broad SMARTS) is 1. The first-order chi connectivity index (χ1) is 13.9. The van der Waals surface area contributed by atoms with Crippen LogP contribution in [0.5, 0.6) is 5.75 Å². The predicted octanol–water partition coefficient (Wildman–Crippen LogP) is 3.56. The molecule has 154 valence electrons. The van der Waals surface area contributed by atoms with E-state index in [1.807, 2.05) is 36.4 Å². The number of para-hydroxylation sites is 2. The lowest BCUT2D eigenvalue weighted by Crippen LogP contribution is -2.53. The Kier molecular flexibility index (Phi) is 6.54. The highest BCUT2D eigenvalue weighted by Crippen LogP contribution is 2.32. The van der Waals surface area contributed by atoms with E-state index in [0.29, 0.717) is 30.3 Å². The quantitative estimate of drug-likeness (QED) is 0.748. The molecule has 0 bridgehead atoms. The maximum absolute atomic E-state index is 13.4. The van der Waals surface area contributed by atoms with Crippen LogP contribution in [0.2, 0.25) is 0 Å². The summed E-state index contributed by atoms with van der Waals surface area (Å²) in [4.78, 5) is 26.5. The van der Waals surface area contributed by atoms with Gasteiger partial charge in [-0.1, -0.05) is 57.2 Å². The van der Waals surface area contributed by atoms with Gasteiger partial charge < -0.3 is 14.7 Å². The summed E-state index contributed by atoms with van der Waals surface area (Å²) < 4.78 is 5.86. The minimum absolute atomic E-state index is 0.0857. The number of carbonyl (C=O) groups is 2. The zero-order valence-corrected chi connectivity index (χ0v) is 17.1. The number of anilines is 1. The number of amides is 1. The van der Waals surface area contributed by atoms with Crippen LogP contribution in [0.25, 0.3) is 0 Å². The number of nitrogens with one attached hydrogen (secondary N) is 1. The van der Waals surface area contributed by atoms with Crippen LogP contribution < -0.4 is 15.0 Å². The van der Waals surface area contributed by atoms with E-state index in [1.54, 1.807) is 11.8 Å². The monoisotopic (exact) mass is 396 g/mol. The van der Waals surface area contributed by atoms with Gasteiger partial charge in [0.15, 0.2) is 0 Å². The predicted molar refractivity (Wildman–Crippen MR) is 112 cm³/mol. The number of hydrogen-bond donors (Lipinski definition) is 2. The van der Waals surface area contributed by atoms with E-state index in [1.165, 1.54) is 5.56 Å². The van der Waals surface area contributed by atoms with Gasteiger partial charge in [-0.15, -0.1) is 0 Å². The molecular formula is C23H28N2O4. The summed E-state index contributed by atoms with van der Waals surface area (Å²) in [6.45, 7) is 6.53. The summed E-state index contributed by atoms with van der Waals surface area (Å²) in [5, 5.41) is 12.3. The van der Waals surface area contributed by atoms with Crippen LogP contribution in [-0.4, -0.2) is 35.7 Å². The molecule has 0 saturated heterocycles. The van der Waals surface area contributed by atoms with E-state index < -0.39 is 18.1 Å². The molecule has 2 N–H and O–H groups in total. The molecule has 0 saturated carbocycles. The lowest BCUT2D eigenvalue weighted by molar-refractivity contribution is -0.140. The lowest BCUT2D eigenvalue weighted by Gasteiger charge is -2.26. The molecule has 1 heterocycles. The van der Waals surface area contributed by atoms with Crippen molar-refractivity contribution in [2.24, 2.45) is 0 Å². The van der Waals surface area contributed by atoms with Gasteiger partial charge in [-0.25, -0.2) is 0 Å². The van der Waals surface area contributed by atoms with Crippen molar-refractivity contribution >= 4 is 17.6 Å². The number of nitrogens with zero attached hydrogens (tertiary/aromatic N) is 1. The molecule has 2 atom stereocenters. The van der Waals surface area contributed by atoms with Crippen LogP contribution in [0.4, 0.5) is 5.69 Å². The number of fused-ring (bicyclic) bond motifs is 1. The highest BCUT2D eigenvalue weighted by molar-refractivity contribution is 5.99. The van der Waals surface area contributed by atoms with Gasteiger partial charge in [-0.2, -0.15) is 0 Å². The molecule has 1 amide bonds. The van der Waals surface area contributed by atoms with Gasteiger partial charge in [0.1, 0.15) is 24.4 Å². The Morgan fingerprint density at radius 1 is 1.21 bits per heavy atom. The van der Waals surface area contributed by atoms with Gasteiger partial charge in [0.25, 0.3) is 0 Å². The Morgan fingerprint density at radius 3 is 2.52 bits per heavy atom. The summed E-state index contributed by atoms with van der Waals surface area (Å²) in [5.74, 6) is -0.110. The van der Waals surface area contributed by atoms with E-state index in [9.17, 15) is 14.7 Å². The number of carbonyl (C=O) groups excluding carboxylic acids is 1. The Labute approximate surface area is 171 Å². The van der Waals surface area contributed by atoms with Crippen LogP contribution in [0, 0.1) is 0 Å². The van der Waals surface area contributed by atoms with Crippen molar-refractivity contribution in [1.29, 1.82) is 0 Å². The maximum Gasteiger partial charge on any atom is 0.320 e. The highest BCUT2D eigenvalue weighted by atomic mass is 16.5. The normalized spacial score (nSPS) is 17.4. The number of aliphatic carboxylic acids is 1. The number of ether oxygens (including phenoxy) is 1. The molecule has 0 aliphatic carbocycles. The van der Waals surface area contributed by atoms with Gasteiger partial charge in [-0.3, -0.25) is 14.9 Å². The minimum atomic E-state index is -0.974. The third-order valence-corrected chi connectivity index (χ3v) is 5.22. The van der Waals surface area contributed by atoms with Gasteiger partial charge in [-0.05, 0) is 35.6 Å². The summed E-state index contributed by atoms with van der Waals surface area (Å²) >= 11 is 0. The fourth-order valence-corrected chi connectivity index (χ4v) is 3.43. The van der Waals surface area contributed by atoms with Crippen molar-refractivity contribution < 1.29 is 19.4 Å². The Morgan fingerprint density at radius 2 is 1.90 bits per heavy atom. The molecule has 6 heteroatoms. The SMILES string of the molecule is CC[C@H](NC1COc2ccccc2N(Cc2ccc(C(C)C)cc2)C1=O)C(=O)O.